The van der Waals surface area contributed by atoms with Gasteiger partial charge in [0.1, 0.15) is 0 Å². The van der Waals surface area contributed by atoms with Gasteiger partial charge in [-0.1, -0.05) is 0 Å². The molecule has 1 atom stereocenters. The second kappa shape index (κ2) is 5.10. The number of carbonyl (C=O) groups excluding carboxylic acids is 1. The van der Waals surface area contributed by atoms with E-state index in [0.29, 0.717) is 11.1 Å². The van der Waals surface area contributed by atoms with Crippen molar-refractivity contribution < 1.29 is 4.79 Å². The maximum atomic E-state index is 12.6. The summed E-state index contributed by atoms with van der Waals surface area (Å²) in [5, 5.41) is 10.9. The molecular formula is C16H14N2OS. The third kappa shape index (κ3) is 2.10. The van der Waals surface area contributed by atoms with Gasteiger partial charge in [-0.25, -0.2) is 0 Å². The molecule has 0 N–H and O–H groups in total. The SMILES string of the molecule is C[C@H]1c2ccsc2CCN1C(=O)c1ccc(C#N)cc1. The summed E-state index contributed by atoms with van der Waals surface area (Å²) in [6, 6.07) is 11.2. The summed E-state index contributed by atoms with van der Waals surface area (Å²) < 4.78 is 0. The van der Waals surface area contributed by atoms with Crippen LogP contribution in [0.2, 0.25) is 0 Å². The van der Waals surface area contributed by atoms with Crippen LogP contribution in [0, 0.1) is 11.3 Å². The Morgan fingerprint density at radius 1 is 1.35 bits per heavy atom. The van der Waals surface area contributed by atoms with Gasteiger partial charge in [0.25, 0.3) is 5.91 Å². The quantitative estimate of drug-likeness (QED) is 0.805. The Labute approximate surface area is 122 Å². The second-order valence-corrected chi connectivity index (χ2v) is 5.91. The molecule has 1 aromatic carbocycles. The number of benzene rings is 1. The largest absolute Gasteiger partial charge is 0.331 e. The van der Waals surface area contributed by atoms with Crippen LogP contribution in [0.25, 0.3) is 0 Å². The van der Waals surface area contributed by atoms with Crippen LogP contribution in [0.15, 0.2) is 35.7 Å². The van der Waals surface area contributed by atoms with Crippen LogP contribution < -0.4 is 0 Å². The summed E-state index contributed by atoms with van der Waals surface area (Å²) in [5.74, 6) is 0.0406. The molecule has 100 valence electrons. The van der Waals surface area contributed by atoms with Crippen molar-refractivity contribution in [3.05, 3.63) is 57.3 Å². The fourth-order valence-corrected chi connectivity index (χ4v) is 3.60. The van der Waals surface area contributed by atoms with Crippen molar-refractivity contribution in [3.63, 3.8) is 0 Å². The average molecular weight is 282 g/mol. The highest BCUT2D eigenvalue weighted by atomic mass is 32.1. The topological polar surface area (TPSA) is 44.1 Å². The fraction of sp³-hybridized carbons (Fsp3) is 0.250. The van der Waals surface area contributed by atoms with Gasteiger partial charge in [-0.05, 0) is 54.6 Å². The van der Waals surface area contributed by atoms with Gasteiger partial charge in [0.2, 0.25) is 0 Å². The molecule has 0 saturated heterocycles. The summed E-state index contributed by atoms with van der Waals surface area (Å²) >= 11 is 1.77. The molecule has 0 aliphatic carbocycles. The molecule has 0 radical (unpaired) electrons. The summed E-state index contributed by atoms with van der Waals surface area (Å²) in [6.45, 7) is 2.83. The number of nitriles is 1. The third-order valence-corrected chi connectivity index (χ3v) is 4.80. The molecule has 3 rings (SSSR count). The maximum Gasteiger partial charge on any atom is 0.254 e. The maximum absolute atomic E-state index is 12.6. The van der Waals surface area contributed by atoms with Crippen molar-refractivity contribution in [1.29, 1.82) is 5.26 Å². The molecule has 1 aromatic heterocycles. The van der Waals surface area contributed by atoms with E-state index in [9.17, 15) is 4.79 Å². The first-order valence-corrected chi connectivity index (χ1v) is 7.46. The minimum atomic E-state index is 0.0406. The van der Waals surface area contributed by atoms with E-state index in [1.54, 1.807) is 35.6 Å². The lowest BCUT2D eigenvalue weighted by Gasteiger charge is -2.33. The lowest BCUT2D eigenvalue weighted by atomic mass is 10.00. The van der Waals surface area contributed by atoms with Crippen molar-refractivity contribution >= 4 is 17.2 Å². The smallest absolute Gasteiger partial charge is 0.254 e. The Hall–Kier alpha value is -2.12. The average Bonchev–Trinajstić information content (AvgIpc) is 2.96. The van der Waals surface area contributed by atoms with Crippen LogP contribution in [0.1, 0.15) is 39.3 Å². The Bertz CT molecular complexity index is 681. The van der Waals surface area contributed by atoms with E-state index in [1.807, 2.05) is 4.90 Å². The van der Waals surface area contributed by atoms with E-state index in [2.05, 4.69) is 24.4 Å². The van der Waals surface area contributed by atoms with Crippen molar-refractivity contribution in [1.82, 2.24) is 4.90 Å². The third-order valence-electron chi connectivity index (χ3n) is 3.80. The van der Waals surface area contributed by atoms with Crippen LogP contribution in [-0.4, -0.2) is 17.4 Å². The summed E-state index contributed by atoms with van der Waals surface area (Å²) in [5.41, 5.74) is 2.49. The van der Waals surface area contributed by atoms with Crippen molar-refractivity contribution in [2.75, 3.05) is 6.54 Å². The van der Waals surface area contributed by atoms with Gasteiger partial charge in [0.15, 0.2) is 0 Å². The van der Waals surface area contributed by atoms with Crippen LogP contribution in [0.4, 0.5) is 0 Å². The number of thiophene rings is 1. The molecule has 2 heterocycles. The van der Waals surface area contributed by atoms with Crippen LogP contribution >= 0.6 is 11.3 Å². The first-order chi connectivity index (χ1) is 9.70. The Kier molecular flexibility index (Phi) is 3.29. The van der Waals surface area contributed by atoms with Gasteiger partial charge in [0.05, 0.1) is 17.7 Å². The number of carbonyl (C=O) groups is 1. The molecule has 1 amide bonds. The van der Waals surface area contributed by atoms with E-state index in [-0.39, 0.29) is 11.9 Å². The zero-order valence-corrected chi connectivity index (χ0v) is 12.0. The van der Waals surface area contributed by atoms with Gasteiger partial charge in [0, 0.05) is 17.0 Å². The Balaban J connectivity index is 1.86. The van der Waals surface area contributed by atoms with E-state index >= 15 is 0 Å². The fourth-order valence-electron chi connectivity index (χ4n) is 2.64. The molecule has 20 heavy (non-hydrogen) atoms. The molecule has 1 aliphatic heterocycles. The summed E-state index contributed by atoms with van der Waals surface area (Å²) in [4.78, 5) is 15.9. The summed E-state index contributed by atoms with van der Waals surface area (Å²) in [7, 11) is 0. The standard InChI is InChI=1S/C16H14N2OS/c1-11-14-7-9-20-15(14)6-8-18(11)16(19)13-4-2-12(10-17)3-5-13/h2-5,7,9,11H,6,8H2,1H3/t11-/m0/s1. The minimum absolute atomic E-state index is 0.0406. The second-order valence-electron chi connectivity index (χ2n) is 4.91. The molecule has 0 bridgehead atoms. The monoisotopic (exact) mass is 282 g/mol. The molecule has 1 aliphatic rings. The molecule has 0 saturated carbocycles. The van der Waals surface area contributed by atoms with Crippen molar-refractivity contribution in [2.45, 2.75) is 19.4 Å². The van der Waals surface area contributed by atoms with Gasteiger partial charge in [-0.3, -0.25) is 4.79 Å². The molecule has 0 fully saturated rings. The normalized spacial score (nSPS) is 17.4. The van der Waals surface area contributed by atoms with Gasteiger partial charge < -0.3 is 4.90 Å². The Morgan fingerprint density at radius 3 is 2.80 bits per heavy atom. The first-order valence-electron chi connectivity index (χ1n) is 6.58. The van der Waals surface area contributed by atoms with E-state index in [1.165, 1.54) is 10.4 Å². The van der Waals surface area contributed by atoms with Crippen LogP contribution in [-0.2, 0) is 6.42 Å². The number of nitrogens with zero attached hydrogens (tertiary/aromatic N) is 2. The van der Waals surface area contributed by atoms with E-state index < -0.39 is 0 Å². The molecule has 0 unspecified atom stereocenters. The van der Waals surface area contributed by atoms with Gasteiger partial charge in [-0.2, -0.15) is 5.26 Å². The highest BCUT2D eigenvalue weighted by molar-refractivity contribution is 7.10. The van der Waals surface area contributed by atoms with Gasteiger partial charge >= 0.3 is 0 Å². The van der Waals surface area contributed by atoms with E-state index in [0.717, 1.165) is 13.0 Å². The molecular weight excluding hydrogens is 268 g/mol. The molecule has 4 heteroatoms. The predicted molar refractivity (Wildman–Crippen MR) is 78.6 cm³/mol. The lowest BCUT2D eigenvalue weighted by molar-refractivity contribution is 0.0679. The Morgan fingerprint density at radius 2 is 2.10 bits per heavy atom. The number of fused-ring (bicyclic) bond motifs is 1. The van der Waals surface area contributed by atoms with Gasteiger partial charge in [-0.15, -0.1) is 11.3 Å². The lowest BCUT2D eigenvalue weighted by Crippen LogP contribution is -2.38. The molecule has 0 spiro atoms. The number of hydrogen-bond acceptors (Lipinski definition) is 3. The highest BCUT2D eigenvalue weighted by Gasteiger charge is 2.28. The predicted octanol–water partition coefficient (Wildman–Crippen LogP) is 3.38. The number of hydrogen-bond donors (Lipinski definition) is 0. The van der Waals surface area contributed by atoms with Crippen LogP contribution in [0.5, 0.6) is 0 Å². The zero-order valence-electron chi connectivity index (χ0n) is 11.2. The first kappa shape index (κ1) is 12.9. The zero-order chi connectivity index (χ0) is 14.1. The van der Waals surface area contributed by atoms with Crippen LogP contribution in [0.3, 0.4) is 0 Å². The van der Waals surface area contributed by atoms with E-state index in [4.69, 9.17) is 5.26 Å². The minimum Gasteiger partial charge on any atom is -0.331 e. The highest BCUT2D eigenvalue weighted by Crippen LogP contribution is 2.33. The van der Waals surface area contributed by atoms with Crippen molar-refractivity contribution in [3.8, 4) is 6.07 Å². The number of rotatable bonds is 1. The number of amides is 1. The summed E-state index contributed by atoms with van der Waals surface area (Å²) in [6.07, 6.45) is 0.930. The molecule has 2 aromatic rings. The molecule has 3 nitrogen and oxygen atoms in total. The van der Waals surface area contributed by atoms with Crippen molar-refractivity contribution in [2.24, 2.45) is 0 Å².